The molecule has 2 aromatic rings. The van der Waals surface area contributed by atoms with Crippen LogP contribution in [0.4, 0.5) is 8.78 Å². The molecule has 0 bridgehead atoms. The van der Waals surface area contributed by atoms with Gasteiger partial charge in [0.2, 0.25) is 5.91 Å². The van der Waals surface area contributed by atoms with E-state index in [1.165, 1.54) is 6.07 Å². The standard InChI is InChI=1S/C34H42F2N2O5S/c1-32(2,31(40)38-44(41)42)23-11-13-28(26(18-23)25-8-4-9-27(35)30(25)22-6-3-7-22)43-24-12-10-21(16-24)17-29(39)34(36)19-33(37-20-34)14-5-15-33/h4,8-9,11,13,18,21-22,24,37H,3,5-7,10,12,14-17,19-20H2,1-2H3,(H,38,40)(H,41,42)/p-1/t21-,24-,34-/m1/s1. The quantitative estimate of drug-likeness (QED) is 0.309. The maximum Gasteiger partial charge on any atom is 0.240 e. The number of nitrogens with one attached hydrogen (secondary N) is 2. The summed E-state index contributed by atoms with van der Waals surface area (Å²) in [7, 11) is 0. The number of Topliss-reactive ketones (excluding diaryl/α,β-unsaturated/α-hetero) is 1. The van der Waals surface area contributed by atoms with Crippen LogP contribution in [0, 0.1) is 11.7 Å². The highest BCUT2D eigenvalue weighted by Gasteiger charge is 2.55. The van der Waals surface area contributed by atoms with Gasteiger partial charge in [0.05, 0.1) is 11.5 Å². The van der Waals surface area contributed by atoms with E-state index < -0.39 is 28.3 Å². The molecule has 4 atom stereocenters. The molecule has 2 aromatic carbocycles. The number of benzene rings is 2. The topological polar surface area (TPSA) is 108 Å². The second-order valence-electron chi connectivity index (χ2n) is 14.0. The molecule has 1 spiro atoms. The Kier molecular flexibility index (Phi) is 8.47. The van der Waals surface area contributed by atoms with Crippen LogP contribution >= 0.6 is 0 Å². The van der Waals surface area contributed by atoms with E-state index in [1.54, 1.807) is 38.1 Å². The van der Waals surface area contributed by atoms with E-state index in [9.17, 15) is 18.4 Å². The van der Waals surface area contributed by atoms with Crippen LogP contribution < -0.4 is 14.8 Å². The van der Waals surface area contributed by atoms with Crippen LogP contribution in [0.25, 0.3) is 11.1 Å². The number of hydrogen-bond acceptors (Lipinski definition) is 6. The lowest BCUT2D eigenvalue weighted by Gasteiger charge is -2.38. The van der Waals surface area contributed by atoms with Gasteiger partial charge in [0.1, 0.15) is 11.6 Å². The molecule has 10 heteroatoms. The van der Waals surface area contributed by atoms with Crippen molar-refractivity contribution in [2.24, 2.45) is 5.92 Å². The number of alkyl halides is 1. The lowest BCUT2D eigenvalue weighted by molar-refractivity contribution is -0.131. The Labute approximate surface area is 260 Å². The average Bonchev–Trinajstić information content (AvgIpc) is 3.53. The third-order valence-electron chi connectivity index (χ3n) is 10.7. The monoisotopic (exact) mass is 627 g/mol. The summed E-state index contributed by atoms with van der Waals surface area (Å²) in [6.07, 6.45) is 8.09. The van der Waals surface area contributed by atoms with E-state index in [2.05, 4.69) is 5.32 Å². The van der Waals surface area contributed by atoms with Gasteiger partial charge in [0, 0.05) is 41.8 Å². The maximum absolute atomic E-state index is 15.7. The summed E-state index contributed by atoms with van der Waals surface area (Å²) >= 11 is -2.76. The lowest BCUT2D eigenvalue weighted by atomic mass is 9.73. The molecule has 4 aliphatic rings. The highest BCUT2D eigenvalue weighted by atomic mass is 32.2. The van der Waals surface area contributed by atoms with E-state index in [0.717, 1.165) is 44.9 Å². The first-order chi connectivity index (χ1) is 20.9. The van der Waals surface area contributed by atoms with Crippen molar-refractivity contribution in [1.82, 2.24) is 10.0 Å². The Bertz CT molecular complexity index is 1470. The van der Waals surface area contributed by atoms with Gasteiger partial charge in [-0.1, -0.05) is 24.6 Å². The fourth-order valence-electron chi connectivity index (χ4n) is 7.54. The molecule has 3 aliphatic carbocycles. The SMILES string of the molecule is CC(C)(C(=O)NS(=O)[O-])c1ccc(O[C@@H]2CC[C@@H](CC(=O)[C@]3(F)CNC4(CCC4)C3)C2)c(-c2cccc(F)c2C2CCC2)c1. The largest absolute Gasteiger partial charge is 0.755 e. The molecule has 44 heavy (non-hydrogen) atoms. The smallest absolute Gasteiger partial charge is 0.240 e. The van der Waals surface area contributed by atoms with Crippen LogP contribution in [0.15, 0.2) is 36.4 Å². The number of ketones is 1. The molecular formula is C34H41F2N2O5S-. The highest BCUT2D eigenvalue weighted by molar-refractivity contribution is 7.77. The van der Waals surface area contributed by atoms with E-state index >= 15 is 8.78 Å². The van der Waals surface area contributed by atoms with Gasteiger partial charge in [0.15, 0.2) is 11.5 Å². The van der Waals surface area contributed by atoms with Crippen molar-refractivity contribution in [2.75, 3.05) is 6.54 Å². The number of amides is 1. The lowest BCUT2D eigenvalue weighted by Crippen LogP contribution is -2.46. The molecule has 6 rings (SSSR count). The summed E-state index contributed by atoms with van der Waals surface area (Å²) in [5.74, 6) is -0.633. The number of ether oxygens (including phenoxy) is 1. The molecule has 3 saturated carbocycles. The molecule has 7 nitrogen and oxygen atoms in total. The number of halogens is 2. The summed E-state index contributed by atoms with van der Waals surface area (Å²) in [5.41, 5.74) is -0.673. The summed E-state index contributed by atoms with van der Waals surface area (Å²) < 4.78 is 61.9. The summed E-state index contributed by atoms with van der Waals surface area (Å²) in [4.78, 5) is 25.9. The zero-order chi connectivity index (χ0) is 31.3. The minimum Gasteiger partial charge on any atom is -0.755 e. The summed E-state index contributed by atoms with van der Waals surface area (Å²) in [5, 5.41) is 3.28. The minimum atomic E-state index is -2.76. The van der Waals surface area contributed by atoms with Gasteiger partial charge in [-0.15, -0.1) is 0 Å². The van der Waals surface area contributed by atoms with Gasteiger partial charge in [-0.05, 0) is 112 Å². The fraction of sp³-hybridized carbons (Fsp3) is 0.588. The van der Waals surface area contributed by atoms with Crippen LogP contribution in [0.2, 0.25) is 0 Å². The zero-order valence-electron chi connectivity index (χ0n) is 25.4. The van der Waals surface area contributed by atoms with Crippen molar-refractivity contribution in [1.29, 1.82) is 0 Å². The van der Waals surface area contributed by atoms with Gasteiger partial charge in [-0.25, -0.2) is 8.78 Å². The van der Waals surface area contributed by atoms with Crippen molar-refractivity contribution in [3.8, 4) is 16.9 Å². The molecular weight excluding hydrogens is 586 g/mol. The zero-order valence-corrected chi connectivity index (χ0v) is 26.2. The fourth-order valence-corrected chi connectivity index (χ4v) is 7.95. The van der Waals surface area contributed by atoms with E-state index in [4.69, 9.17) is 4.74 Å². The molecule has 0 aromatic heterocycles. The second-order valence-corrected chi connectivity index (χ2v) is 14.7. The summed E-state index contributed by atoms with van der Waals surface area (Å²) in [6.45, 7) is 3.37. The highest BCUT2D eigenvalue weighted by Crippen LogP contribution is 2.48. The van der Waals surface area contributed by atoms with Gasteiger partial charge in [0.25, 0.3) is 0 Å². The first kappa shape index (κ1) is 31.3. The molecule has 2 N–H and O–H groups in total. The predicted octanol–water partition coefficient (Wildman–Crippen LogP) is 6.08. The van der Waals surface area contributed by atoms with Gasteiger partial charge in [-0.2, -0.15) is 0 Å². The Morgan fingerprint density at radius 3 is 2.52 bits per heavy atom. The molecule has 1 amide bonds. The van der Waals surface area contributed by atoms with Crippen molar-refractivity contribution >= 4 is 23.0 Å². The molecule has 238 valence electrons. The van der Waals surface area contributed by atoms with Crippen molar-refractivity contribution in [3.05, 3.63) is 53.3 Å². The van der Waals surface area contributed by atoms with Crippen molar-refractivity contribution < 1.29 is 31.9 Å². The van der Waals surface area contributed by atoms with Crippen molar-refractivity contribution in [3.63, 3.8) is 0 Å². The molecule has 1 saturated heterocycles. The number of carbonyl (C=O) groups is 2. The minimum absolute atomic E-state index is 0.0242. The van der Waals surface area contributed by atoms with Gasteiger partial charge >= 0.3 is 0 Å². The van der Waals surface area contributed by atoms with Crippen LogP contribution in [0.5, 0.6) is 5.75 Å². The predicted molar refractivity (Wildman–Crippen MR) is 163 cm³/mol. The van der Waals surface area contributed by atoms with Crippen LogP contribution in [0.1, 0.15) is 102 Å². The molecule has 1 aliphatic heterocycles. The van der Waals surface area contributed by atoms with E-state index in [1.807, 2.05) is 10.8 Å². The Morgan fingerprint density at radius 1 is 1.11 bits per heavy atom. The van der Waals surface area contributed by atoms with Crippen LogP contribution in [-0.2, 0) is 26.3 Å². The average molecular weight is 628 g/mol. The molecule has 1 heterocycles. The van der Waals surface area contributed by atoms with Crippen LogP contribution in [-0.4, -0.2) is 44.3 Å². The molecule has 1 unspecified atom stereocenters. The van der Waals surface area contributed by atoms with E-state index in [-0.39, 0.29) is 54.5 Å². The van der Waals surface area contributed by atoms with E-state index in [0.29, 0.717) is 40.8 Å². The number of carbonyl (C=O) groups excluding carboxylic acids is 2. The van der Waals surface area contributed by atoms with Crippen LogP contribution in [0.3, 0.4) is 0 Å². The second kappa shape index (κ2) is 11.9. The van der Waals surface area contributed by atoms with Gasteiger partial charge < -0.3 is 14.6 Å². The third kappa shape index (κ3) is 5.97. The maximum atomic E-state index is 15.7. The van der Waals surface area contributed by atoms with Gasteiger partial charge in [-0.3, -0.25) is 18.5 Å². The molecule has 0 radical (unpaired) electrons. The Morgan fingerprint density at radius 2 is 1.89 bits per heavy atom. The Balaban J connectivity index is 1.24. The third-order valence-corrected chi connectivity index (χ3v) is 11.1. The number of rotatable bonds is 10. The first-order valence-electron chi connectivity index (χ1n) is 15.9. The summed E-state index contributed by atoms with van der Waals surface area (Å²) in [6, 6.07) is 10.3. The van der Waals surface area contributed by atoms with Crippen molar-refractivity contribution in [2.45, 2.75) is 113 Å². The first-order valence-corrected chi connectivity index (χ1v) is 16.9. The Hall–Kier alpha value is -2.69. The number of hydrogen-bond donors (Lipinski definition) is 2. The molecule has 4 fully saturated rings. The normalized spacial score (nSPS) is 27.0.